The molecule has 15 heavy (non-hydrogen) atoms. The molecule has 1 heterocycles. The molecule has 1 fully saturated rings. The third kappa shape index (κ3) is 5.17. The fourth-order valence-electron chi connectivity index (χ4n) is 1.98. The minimum absolute atomic E-state index is 0.0290. The highest BCUT2D eigenvalue weighted by Crippen LogP contribution is 2.20. The lowest BCUT2D eigenvalue weighted by molar-refractivity contribution is -0.142. The Kier molecular flexibility index (Phi) is 5.69. The Hall–Kier alpha value is -0.570. The summed E-state index contributed by atoms with van der Waals surface area (Å²) < 4.78 is 5.06. The molecule has 0 aromatic carbocycles. The van der Waals surface area contributed by atoms with Crippen molar-refractivity contribution in [3.05, 3.63) is 0 Å². The average Bonchev–Trinajstić information content (AvgIpc) is 2.59. The van der Waals surface area contributed by atoms with Gasteiger partial charge in [-0.1, -0.05) is 32.6 Å². The first kappa shape index (κ1) is 12.5. The van der Waals surface area contributed by atoms with Gasteiger partial charge in [-0.2, -0.15) is 0 Å². The van der Waals surface area contributed by atoms with Gasteiger partial charge in [-0.25, -0.2) is 0 Å². The van der Waals surface area contributed by atoms with Gasteiger partial charge in [-0.3, -0.25) is 4.79 Å². The number of aliphatic hydroxyl groups excluding tert-OH is 1. The molecule has 1 aliphatic rings. The van der Waals surface area contributed by atoms with Crippen LogP contribution in [0.3, 0.4) is 0 Å². The number of esters is 1. The van der Waals surface area contributed by atoms with Gasteiger partial charge in [0.05, 0.1) is 6.10 Å². The van der Waals surface area contributed by atoms with Crippen molar-refractivity contribution in [1.29, 1.82) is 0 Å². The molecule has 2 unspecified atom stereocenters. The van der Waals surface area contributed by atoms with Crippen molar-refractivity contribution in [2.24, 2.45) is 0 Å². The van der Waals surface area contributed by atoms with Gasteiger partial charge in [0, 0.05) is 12.8 Å². The molecule has 3 heteroatoms. The van der Waals surface area contributed by atoms with Crippen LogP contribution in [0.4, 0.5) is 0 Å². The summed E-state index contributed by atoms with van der Waals surface area (Å²) in [4.78, 5) is 10.8. The molecule has 0 spiro atoms. The molecule has 0 aromatic heterocycles. The summed E-state index contributed by atoms with van der Waals surface area (Å²) in [6, 6.07) is 0. The second-order valence-corrected chi connectivity index (χ2v) is 4.39. The van der Waals surface area contributed by atoms with Gasteiger partial charge in [0.15, 0.2) is 0 Å². The number of hydrogen-bond acceptors (Lipinski definition) is 3. The van der Waals surface area contributed by atoms with Crippen molar-refractivity contribution in [1.82, 2.24) is 0 Å². The number of carbonyl (C=O) groups is 1. The molecule has 0 saturated carbocycles. The summed E-state index contributed by atoms with van der Waals surface area (Å²) in [6.45, 7) is 2.18. The van der Waals surface area contributed by atoms with E-state index in [1.807, 2.05) is 0 Å². The Morgan fingerprint density at radius 1 is 1.47 bits per heavy atom. The molecule has 1 aliphatic heterocycles. The molecule has 88 valence electrons. The monoisotopic (exact) mass is 214 g/mol. The second-order valence-electron chi connectivity index (χ2n) is 4.39. The lowest BCUT2D eigenvalue weighted by Gasteiger charge is -2.14. The Morgan fingerprint density at radius 3 is 2.87 bits per heavy atom. The van der Waals surface area contributed by atoms with E-state index < -0.39 is 0 Å². The van der Waals surface area contributed by atoms with Gasteiger partial charge in [0.1, 0.15) is 6.10 Å². The number of rotatable bonds is 7. The van der Waals surface area contributed by atoms with E-state index in [2.05, 4.69) is 6.92 Å². The molecule has 0 amide bonds. The van der Waals surface area contributed by atoms with Gasteiger partial charge in [0.25, 0.3) is 0 Å². The number of unbranched alkanes of at least 4 members (excludes halogenated alkanes) is 3. The summed E-state index contributed by atoms with van der Waals surface area (Å²) in [6.07, 6.45) is 7.18. The maximum Gasteiger partial charge on any atom is 0.306 e. The van der Waals surface area contributed by atoms with Crippen LogP contribution in [0, 0.1) is 0 Å². The molecule has 0 radical (unpaired) electrons. The van der Waals surface area contributed by atoms with Crippen LogP contribution in [-0.2, 0) is 9.53 Å². The molecule has 3 nitrogen and oxygen atoms in total. The van der Waals surface area contributed by atoms with Crippen LogP contribution in [0.15, 0.2) is 0 Å². The lowest BCUT2D eigenvalue weighted by Crippen LogP contribution is -2.17. The Morgan fingerprint density at radius 2 is 2.27 bits per heavy atom. The predicted molar refractivity (Wildman–Crippen MR) is 58.5 cm³/mol. The normalized spacial score (nSPS) is 22.8. The van der Waals surface area contributed by atoms with Gasteiger partial charge >= 0.3 is 5.97 Å². The highest BCUT2D eigenvalue weighted by Gasteiger charge is 2.25. The van der Waals surface area contributed by atoms with E-state index in [1.54, 1.807) is 0 Å². The van der Waals surface area contributed by atoms with Crippen molar-refractivity contribution in [2.75, 3.05) is 0 Å². The SMILES string of the molecule is CCCCCCC(O)CC1CCC(=O)O1. The van der Waals surface area contributed by atoms with Gasteiger partial charge in [0.2, 0.25) is 0 Å². The van der Waals surface area contributed by atoms with E-state index in [9.17, 15) is 9.90 Å². The first-order valence-electron chi connectivity index (χ1n) is 6.10. The fourth-order valence-corrected chi connectivity index (χ4v) is 1.98. The van der Waals surface area contributed by atoms with Crippen LogP contribution in [0.2, 0.25) is 0 Å². The van der Waals surface area contributed by atoms with Gasteiger partial charge in [-0.05, 0) is 12.8 Å². The number of ether oxygens (including phenoxy) is 1. The summed E-state index contributed by atoms with van der Waals surface area (Å²) in [5.41, 5.74) is 0. The summed E-state index contributed by atoms with van der Waals surface area (Å²) in [5.74, 6) is -0.113. The maximum absolute atomic E-state index is 10.8. The Balaban J connectivity index is 2.02. The molecule has 1 saturated heterocycles. The highest BCUT2D eigenvalue weighted by molar-refractivity contribution is 5.71. The van der Waals surface area contributed by atoms with Gasteiger partial charge in [-0.15, -0.1) is 0 Å². The third-order valence-corrected chi connectivity index (χ3v) is 2.89. The first-order valence-corrected chi connectivity index (χ1v) is 6.10. The largest absolute Gasteiger partial charge is 0.462 e. The molecule has 2 atom stereocenters. The molecule has 1 N–H and O–H groups in total. The van der Waals surface area contributed by atoms with Crippen LogP contribution in [0.25, 0.3) is 0 Å². The second kappa shape index (κ2) is 6.83. The topological polar surface area (TPSA) is 46.5 Å². The molecule has 0 bridgehead atoms. The quantitative estimate of drug-likeness (QED) is 0.523. The van der Waals surface area contributed by atoms with Crippen molar-refractivity contribution < 1.29 is 14.6 Å². The van der Waals surface area contributed by atoms with Crippen molar-refractivity contribution >= 4 is 5.97 Å². The molecular formula is C12H22O3. The summed E-state index contributed by atoms with van der Waals surface area (Å²) >= 11 is 0. The number of carbonyl (C=O) groups excluding carboxylic acids is 1. The van der Waals surface area contributed by atoms with E-state index in [4.69, 9.17) is 4.74 Å². The lowest BCUT2D eigenvalue weighted by atomic mass is 10.0. The minimum Gasteiger partial charge on any atom is -0.462 e. The first-order chi connectivity index (χ1) is 7.22. The molecule has 1 rings (SSSR count). The van der Waals surface area contributed by atoms with Crippen LogP contribution < -0.4 is 0 Å². The highest BCUT2D eigenvalue weighted by atomic mass is 16.5. The van der Waals surface area contributed by atoms with E-state index in [-0.39, 0.29) is 18.2 Å². The third-order valence-electron chi connectivity index (χ3n) is 2.89. The molecular weight excluding hydrogens is 192 g/mol. The van der Waals surface area contributed by atoms with Gasteiger partial charge < -0.3 is 9.84 Å². The van der Waals surface area contributed by atoms with Crippen molar-refractivity contribution in [3.8, 4) is 0 Å². The summed E-state index contributed by atoms with van der Waals surface area (Å²) in [5, 5.41) is 9.70. The average molecular weight is 214 g/mol. The number of aliphatic hydroxyl groups is 1. The number of hydrogen-bond donors (Lipinski definition) is 1. The van der Waals surface area contributed by atoms with Crippen LogP contribution in [0.5, 0.6) is 0 Å². The van der Waals surface area contributed by atoms with E-state index >= 15 is 0 Å². The smallest absolute Gasteiger partial charge is 0.306 e. The van der Waals surface area contributed by atoms with Crippen molar-refractivity contribution in [2.45, 2.75) is 70.5 Å². The predicted octanol–water partition coefficient (Wildman–Crippen LogP) is 2.41. The Bertz CT molecular complexity index is 191. The van der Waals surface area contributed by atoms with E-state index in [1.165, 1.54) is 19.3 Å². The summed E-state index contributed by atoms with van der Waals surface area (Å²) in [7, 11) is 0. The number of cyclic esters (lactones) is 1. The minimum atomic E-state index is -0.294. The standard InChI is InChI=1S/C12H22O3/c1-2-3-4-5-6-10(13)9-11-7-8-12(14)15-11/h10-11,13H,2-9H2,1H3. The van der Waals surface area contributed by atoms with E-state index in [0.29, 0.717) is 12.8 Å². The zero-order valence-corrected chi connectivity index (χ0v) is 9.58. The van der Waals surface area contributed by atoms with Crippen molar-refractivity contribution in [3.63, 3.8) is 0 Å². The zero-order chi connectivity index (χ0) is 11.1. The van der Waals surface area contributed by atoms with Crippen LogP contribution in [0.1, 0.15) is 58.3 Å². The molecule has 0 aromatic rings. The van der Waals surface area contributed by atoms with Crippen LogP contribution in [-0.4, -0.2) is 23.3 Å². The van der Waals surface area contributed by atoms with E-state index in [0.717, 1.165) is 19.3 Å². The Labute approximate surface area is 91.8 Å². The van der Waals surface area contributed by atoms with Crippen LogP contribution >= 0.6 is 0 Å². The molecule has 0 aliphatic carbocycles. The maximum atomic E-state index is 10.8. The zero-order valence-electron chi connectivity index (χ0n) is 9.58. The fraction of sp³-hybridized carbons (Fsp3) is 0.917.